The highest BCUT2D eigenvalue weighted by Gasteiger charge is 2.33. The van der Waals surface area contributed by atoms with E-state index in [1.807, 2.05) is 6.92 Å². The number of likely N-dealkylation sites (N-methyl/N-ethyl adjacent to an activating group) is 1. The van der Waals surface area contributed by atoms with Crippen molar-refractivity contribution in [3.63, 3.8) is 0 Å². The Morgan fingerprint density at radius 2 is 2.05 bits per heavy atom. The zero-order chi connectivity index (χ0) is 14.5. The van der Waals surface area contributed by atoms with Crippen LogP contribution in [0.15, 0.2) is 0 Å². The summed E-state index contributed by atoms with van der Waals surface area (Å²) in [6.07, 6.45) is 7.79. The molecule has 0 aliphatic heterocycles. The molecule has 0 radical (unpaired) electrons. The van der Waals surface area contributed by atoms with E-state index in [2.05, 4.69) is 17.1 Å². The molecule has 2 N–H and O–H groups in total. The first-order valence-electron chi connectivity index (χ1n) is 8.27. The van der Waals surface area contributed by atoms with Crippen LogP contribution in [0.1, 0.15) is 52.4 Å². The van der Waals surface area contributed by atoms with Gasteiger partial charge in [-0.1, -0.05) is 26.7 Å². The number of nitrogens with one attached hydrogen (secondary N) is 1. The van der Waals surface area contributed by atoms with Crippen molar-refractivity contribution in [2.24, 2.45) is 11.8 Å². The lowest BCUT2D eigenvalue weighted by Gasteiger charge is -2.43. The van der Waals surface area contributed by atoms with Gasteiger partial charge in [0.15, 0.2) is 0 Å². The molecule has 20 heavy (non-hydrogen) atoms. The molecule has 0 heterocycles. The maximum absolute atomic E-state index is 10.8. The highest BCUT2D eigenvalue weighted by Crippen LogP contribution is 2.30. The molecule has 0 saturated heterocycles. The van der Waals surface area contributed by atoms with Gasteiger partial charge in [0.05, 0.1) is 6.54 Å². The molecule has 2 aliphatic carbocycles. The van der Waals surface area contributed by atoms with Gasteiger partial charge in [-0.25, -0.2) is 0 Å². The topological polar surface area (TPSA) is 52.6 Å². The second-order valence-corrected chi connectivity index (χ2v) is 6.83. The number of nitrogens with zero attached hydrogens (tertiary/aromatic N) is 1. The van der Waals surface area contributed by atoms with Crippen LogP contribution in [0.3, 0.4) is 0 Å². The Balaban J connectivity index is 1.62. The molecule has 116 valence electrons. The van der Waals surface area contributed by atoms with E-state index in [0.29, 0.717) is 12.1 Å². The fourth-order valence-corrected chi connectivity index (χ4v) is 3.80. The van der Waals surface area contributed by atoms with Gasteiger partial charge in [-0.3, -0.25) is 9.69 Å². The van der Waals surface area contributed by atoms with E-state index in [4.69, 9.17) is 5.11 Å². The van der Waals surface area contributed by atoms with E-state index >= 15 is 0 Å². The van der Waals surface area contributed by atoms with Crippen molar-refractivity contribution in [2.45, 2.75) is 64.5 Å². The van der Waals surface area contributed by atoms with E-state index in [1.165, 1.54) is 25.7 Å². The monoisotopic (exact) mass is 282 g/mol. The molecule has 4 heteroatoms. The number of carbonyl (C=O) groups is 1. The van der Waals surface area contributed by atoms with Crippen molar-refractivity contribution in [1.82, 2.24) is 10.2 Å². The molecule has 0 amide bonds. The maximum atomic E-state index is 10.8. The zero-order valence-corrected chi connectivity index (χ0v) is 13.0. The van der Waals surface area contributed by atoms with Crippen molar-refractivity contribution in [3.8, 4) is 0 Å². The van der Waals surface area contributed by atoms with Gasteiger partial charge in [0.25, 0.3) is 0 Å². The van der Waals surface area contributed by atoms with Crippen LogP contribution in [-0.2, 0) is 4.79 Å². The summed E-state index contributed by atoms with van der Waals surface area (Å²) in [6.45, 7) is 6.61. The van der Waals surface area contributed by atoms with Crippen molar-refractivity contribution in [1.29, 1.82) is 0 Å². The predicted octanol–water partition coefficient (Wildman–Crippen LogP) is 2.34. The van der Waals surface area contributed by atoms with E-state index < -0.39 is 5.97 Å². The number of hydrogen-bond acceptors (Lipinski definition) is 3. The SMILES string of the molecule is CCN(CC(=O)O)C1CC(NCC2CCCC(C)C2)C1. The minimum absolute atomic E-state index is 0.189. The summed E-state index contributed by atoms with van der Waals surface area (Å²) in [7, 11) is 0. The molecule has 0 aromatic carbocycles. The number of hydrogen-bond donors (Lipinski definition) is 2. The van der Waals surface area contributed by atoms with Crippen LogP contribution in [0.25, 0.3) is 0 Å². The van der Waals surface area contributed by atoms with Crippen molar-refractivity contribution in [2.75, 3.05) is 19.6 Å². The molecular weight excluding hydrogens is 252 g/mol. The summed E-state index contributed by atoms with van der Waals surface area (Å²) in [5.41, 5.74) is 0. The first-order valence-corrected chi connectivity index (χ1v) is 8.27. The number of rotatable bonds is 7. The van der Waals surface area contributed by atoms with E-state index in [9.17, 15) is 4.79 Å². The number of carboxylic acids is 1. The summed E-state index contributed by atoms with van der Waals surface area (Å²) < 4.78 is 0. The van der Waals surface area contributed by atoms with Crippen LogP contribution in [-0.4, -0.2) is 47.7 Å². The second kappa shape index (κ2) is 7.41. The third-order valence-corrected chi connectivity index (χ3v) is 5.11. The Morgan fingerprint density at radius 3 is 2.65 bits per heavy atom. The summed E-state index contributed by atoms with van der Waals surface area (Å²) in [6, 6.07) is 1.08. The molecule has 2 saturated carbocycles. The van der Waals surface area contributed by atoms with Crippen molar-refractivity contribution < 1.29 is 9.90 Å². The summed E-state index contributed by atoms with van der Waals surface area (Å²) in [5, 5.41) is 12.6. The van der Waals surface area contributed by atoms with Crippen LogP contribution >= 0.6 is 0 Å². The Morgan fingerprint density at radius 1 is 1.30 bits per heavy atom. The fraction of sp³-hybridized carbons (Fsp3) is 0.938. The zero-order valence-electron chi connectivity index (χ0n) is 13.0. The molecule has 2 rings (SSSR count). The highest BCUT2D eigenvalue weighted by molar-refractivity contribution is 5.69. The van der Waals surface area contributed by atoms with E-state index in [1.54, 1.807) is 0 Å². The first-order chi connectivity index (χ1) is 9.58. The van der Waals surface area contributed by atoms with Crippen LogP contribution < -0.4 is 5.32 Å². The minimum atomic E-state index is -0.709. The average molecular weight is 282 g/mol. The molecule has 4 nitrogen and oxygen atoms in total. The lowest BCUT2D eigenvalue weighted by Crippen LogP contribution is -2.54. The predicted molar refractivity (Wildman–Crippen MR) is 80.8 cm³/mol. The van der Waals surface area contributed by atoms with Gasteiger partial charge in [0, 0.05) is 12.1 Å². The highest BCUT2D eigenvalue weighted by atomic mass is 16.4. The van der Waals surface area contributed by atoms with Crippen molar-refractivity contribution in [3.05, 3.63) is 0 Å². The van der Waals surface area contributed by atoms with Gasteiger partial charge in [-0.05, 0) is 50.6 Å². The Hall–Kier alpha value is -0.610. The standard InChI is InChI=1S/C16H30N2O2/c1-3-18(11-16(19)20)15-8-14(9-15)17-10-13-6-4-5-12(2)7-13/h12-15,17H,3-11H2,1-2H3,(H,19,20). The summed E-state index contributed by atoms with van der Waals surface area (Å²) in [4.78, 5) is 12.9. The molecule has 2 atom stereocenters. The van der Waals surface area contributed by atoms with E-state index in [0.717, 1.165) is 37.8 Å². The minimum Gasteiger partial charge on any atom is -0.480 e. The van der Waals surface area contributed by atoms with Gasteiger partial charge in [0.2, 0.25) is 0 Å². The third-order valence-electron chi connectivity index (χ3n) is 5.11. The van der Waals surface area contributed by atoms with Gasteiger partial charge in [-0.15, -0.1) is 0 Å². The molecule has 2 unspecified atom stereocenters. The van der Waals surface area contributed by atoms with Gasteiger partial charge >= 0.3 is 5.97 Å². The van der Waals surface area contributed by atoms with Gasteiger partial charge < -0.3 is 10.4 Å². The number of carboxylic acid groups (broad SMARTS) is 1. The van der Waals surface area contributed by atoms with Gasteiger partial charge in [-0.2, -0.15) is 0 Å². The normalized spacial score (nSPS) is 34.0. The molecule has 2 aliphatic rings. The first kappa shape index (κ1) is 15.8. The Kier molecular flexibility index (Phi) is 5.85. The van der Waals surface area contributed by atoms with Crippen LogP contribution in [0.2, 0.25) is 0 Å². The summed E-state index contributed by atoms with van der Waals surface area (Å²) >= 11 is 0. The largest absolute Gasteiger partial charge is 0.480 e. The lowest BCUT2D eigenvalue weighted by atomic mass is 9.81. The van der Waals surface area contributed by atoms with Crippen LogP contribution in [0, 0.1) is 11.8 Å². The second-order valence-electron chi connectivity index (χ2n) is 6.83. The average Bonchev–Trinajstić information content (AvgIpc) is 2.35. The molecule has 2 fully saturated rings. The molecule has 0 spiro atoms. The van der Waals surface area contributed by atoms with Crippen LogP contribution in [0.5, 0.6) is 0 Å². The van der Waals surface area contributed by atoms with Crippen molar-refractivity contribution >= 4 is 5.97 Å². The fourth-order valence-electron chi connectivity index (χ4n) is 3.80. The molecular formula is C16H30N2O2. The quantitative estimate of drug-likeness (QED) is 0.752. The smallest absolute Gasteiger partial charge is 0.317 e. The number of aliphatic carboxylic acids is 1. The van der Waals surface area contributed by atoms with Gasteiger partial charge in [0.1, 0.15) is 0 Å². The summed E-state index contributed by atoms with van der Waals surface area (Å²) in [5.74, 6) is 1.05. The molecule has 0 aromatic rings. The lowest BCUT2D eigenvalue weighted by molar-refractivity contribution is -0.139. The van der Waals surface area contributed by atoms with E-state index in [-0.39, 0.29) is 6.54 Å². The van der Waals surface area contributed by atoms with Crippen LogP contribution in [0.4, 0.5) is 0 Å². The third kappa shape index (κ3) is 4.45. The molecule has 0 bridgehead atoms. The Bertz CT molecular complexity index is 316. The Labute approximate surface area is 122 Å². The molecule has 0 aromatic heterocycles. The maximum Gasteiger partial charge on any atom is 0.317 e.